The molecule has 0 spiro atoms. The molecule has 2 aliphatic rings. The Morgan fingerprint density at radius 1 is 1.08 bits per heavy atom. The van der Waals surface area contributed by atoms with E-state index in [2.05, 4.69) is 15.1 Å². The van der Waals surface area contributed by atoms with Crippen molar-refractivity contribution in [2.24, 2.45) is 5.92 Å². The second kappa shape index (κ2) is 7.60. The number of ether oxygens (including phenoxy) is 2. The van der Waals surface area contributed by atoms with Gasteiger partial charge in [-0.25, -0.2) is 0 Å². The van der Waals surface area contributed by atoms with Gasteiger partial charge in [0.2, 0.25) is 11.8 Å². The number of nitrogens with zero attached hydrogens (tertiary/aromatic N) is 3. The summed E-state index contributed by atoms with van der Waals surface area (Å²) in [5.74, 6) is 1.48. The third-order valence-corrected chi connectivity index (χ3v) is 5.20. The minimum Gasteiger partial charge on any atom is -0.419 e. The second-order valence-corrected chi connectivity index (χ2v) is 7.19. The van der Waals surface area contributed by atoms with Crippen molar-refractivity contribution in [2.75, 3.05) is 26.3 Å². The van der Waals surface area contributed by atoms with Crippen LogP contribution in [0.15, 0.2) is 22.6 Å². The highest BCUT2D eigenvalue weighted by molar-refractivity contribution is 6.36. The zero-order valence-electron chi connectivity index (χ0n) is 13.7. The predicted molar refractivity (Wildman–Crippen MR) is 93.4 cm³/mol. The molecule has 2 saturated heterocycles. The van der Waals surface area contributed by atoms with E-state index >= 15 is 0 Å². The molecule has 6 nitrogen and oxygen atoms in total. The molecule has 0 unspecified atom stereocenters. The monoisotopic (exact) mass is 383 g/mol. The number of hydrogen-bond donors (Lipinski definition) is 0. The molecule has 0 N–H and O–H groups in total. The summed E-state index contributed by atoms with van der Waals surface area (Å²) in [7, 11) is 0. The highest BCUT2D eigenvalue weighted by atomic mass is 35.5. The summed E-state index contributed by atoms with van der Waals surface area (Å²) in [6.07, 6.45) is 2.08. The maximum absolute atomic E-state index is 6.20. The molecule has 0 aliphatic carbocycles. The Labute approximate surface area is 156 Å². The standard InChI is InChI=1S/C17H19Cl2N3O3/c18-12-1-2-13(14(19)9-12)16-21-20-15(25-16)10-22-5-3-11(4-6-22)17-23-7-8-24-17/h1-2,9,11,17H,3-8,10H2. The first kappa shape index (κ1) is 17.2. The number of rotatable bonds is 4. The van der Waals surface area contributed by atoms with Gasteiger partial charge >= 0.3 is 0 Å². The van der Waals surface area contributed by atoms with Crippen molar-refractivity contribution in [3.05, 3.63) is 34.1 Å². The van der Waals surface area contributed by atoms with Crippen LogP contribution >= 0.6 is 23.2 Å². The van der Waals surface area contributed by atoms with E-state index in [1.165, 1.54) is 0 Å². The van der Waals surface area contributed by atoms with Gasteiger partial charge in [0.15, 0.2) is 6.29 Å². The van der Waals surface area contributed by atoms with Gasteiger partial charge in [0.05, 0.1) is 30.3 Å². The molecule has 0 atom stereocenters. The molecule has 8 heteroatoms. The van der Waals surface area contributed by atoms with Crippen LogP contribution in [0.25, 0.3) is 11.5 Å². The topological polar surface area (TPSA) is 60.6 Å². The van der Waals surface area contributed by atoms with Crippen molar-refractivity contribution in [1.82, 2.24) is 15.1 Å². The molecule has 25 heavy (non-hydrogen) atoms. The summed E-state index contributed by atoms with van der Waals surface area (Å²) in [6, 6.07) is 5.21. The maximum atomic E-state index is 6.20. The molecule has 0 radical (unpaired) electrons. The minimum atomic E-state index is -0.0239. The normalized spacial score (nSPS) is 20.4. The molecule has 3 heterocycles. The van der Waals surface area contributed by atoms with E-state index in [4.69, 9.17) is 37.1 Å². The highest BCUT2D eigenvalue weighted by Crippen LogP contribution is 2.30. The summed E-state index contributed by atoms with van der Waals surface area (Å²) < 4.78 is 17.0. The van der Waals surface area contributed by atoms with Gasteiger partial charge in [0.1, 0.15) is 0 Å². The number of aromatic nitrogens is 2. The molecular weight excluding hydrogens is 365 g/mol. The Hall–Kier alpha value is -1.18. The van der Waals surface area contributed by atoms with Gasteiger partial charge in [0.25, 0.3) is 0 Å². The van der Waals surface area contributed by atoms with E-state index in [0.29, 0.717) is 53.1 Å². The Balaban J connectivity index is 1.35. The second-order valence-electron chi connectivity index (χ2n) is 6.35. The third-order valence-electron chi connectivity index (χ3n) is 4.65. The summed E-state index contributed by atoms with van der Waals surface area (Å²) in [5, 5.41) is 9.33. The Morgan fingerprint density at radius 2 is 1.84 bits per heavy atom. The smallest absolute Gasteiger partial charge is 0.249 e. The lowest BCUT2D eigenvalue weighted by Gasteiger charge is -2.32. The molecule has 1 aromatic carbocycles. The lowest BCUT2D eigenvalue weighted by molar-refractivity contribution is -0.0980. The molecule has 2 fully saturated rings. The van der Waals surface area contributed by atoms with Crippen molar-refractivity contribution in [2.45, 2.75) is 25.7 Å². The zero-order valence-corrected chi connectivity index (χ0v) is 15.2. The van der Waals surface area contributed by atoms with Gasteiger partial charge in [-0.05, 0) is 44.1 Å². The fourth-order valence-electron chi connectivity index (χ4n) is 3.31. The molecule has 0 bridgehead atoms. The summed E-state index contributed by atoms with van der Waals surface area (Å²) in [6.45, 7) is 3.99. The number of hydrogen-bond acceptors (Lipinski definition) is 6. The van der Waals surface area contributed by atoms with Crippen LogP contribution in [0.1, 0.15) is 18.7 Å². The average Bonchev–Trinajstić information content (AvgIpc) is 3.28. The lowest BCUT2D eigenvalue weighted by Crippen LogP contribution is -2.37. The molecule has 1 aromatic heterocycles. The van der Waals surface area contributed by atoms with Gasteiger partial charge in [-0.2, -0.15) is 0 Å². The van der Waals surface area contributed by atoms with Crippen LogP contribution in [-0.2, 0) is 16.0 Å². The van der Waals surface area contributed by atoms with Crippen LogP contribution in [0, 0.1) is 5.92 Å². The largest absolute Gasteiger partial charge is 0.419 e. The van der Waals surface area contributed by atoms with E-state index in [0.717, 1.165) is 25.9 Å². The van der Waals surface area contributed by atoms with Gasteiger partial charge < -0.3 is 13.9 Å². The third kappa shape index (κ3) is 3.99. The first-order chi connectivity index (χ1) is 12.2. The summed E-state index contributed by atoms with van der Waals surface area (Å²) in [5.41, 5.74) is 0.694. The van der Waals surface area contributed by atoms with Crippen LogP contribution in [0.3, 0.4) is 0 Å². The fourth-order valence-corrected chi connectivity index (χ4v) is 3.80. The number of likely N-dealkylation sites (tertiary alicyclic amines) is 1. The minimum absolute atomic E-state index is 0.0239. The van der Waals surface area contributed by atoms with Crippen LogP contribution < -0.4 is 0 Å². The van der Waals surface area contributed by atoms with Crippen LogP contribution in [0.5, 0.6) is 0 Å². The first-order valence-corrected chi connectivity index (χ1v) is 9.18. The van der Waals surface area contributed by atoms with Crippen molar-refractivity contribution < 1.29 is 13.9 Å². The number of benzene rings is 1. The van der Waals surface area contributed by atoms with Gasteiger partial charge in [-0.15, -0.1) is 10.2 Å². The van der Waals surface area contributed by atoms with Crippen LogP contribution in [-0.4, -0.2) is 47.7 Å². The van der Waals surface area contributed by atoms with E-state index in [-0.39, 0.29) is 6.29 Å². The van der Waals surface area contributed by atoms with E-state index < -0.39 is 0 Å². The van der Waals surface area contributed by atoms with Crippen molar-refractivity contribution in [3.63, 3.8) is 0 Å². The SMILES string of the molecule is Clc1ccc(-c2nnc(CN3CCC(C4OCCO4)CC3)o2)c(Cl)c1. The predicted octanol–water partition coefficient (Wildman–Crippen LogP) is 3.63. The molecule has 0 saturated carbocycles. The highest BCUT2D eigenvalue weighted by Gasteiger charge is 2.30. The maximum Gasteiger partial charge on any atom is 0.249 e. The van der Waals surface area contributed by atoms with Gasteiger partial charge in [-0.1, -0.05) is 23.2 Å². The van der Waals surface area contributed by atoms with Crippen LogP contribution in [0.4, 0.5) is 0 Å². The van der Waals surface area contributed by atoms with Gasteiger partial charge in [0, 0.05) is 10.9 Å². The summed E-state index contributed by atoms with van der Waals surface area (Å²) in [4.78, 5) is 2.31. The Kier molecular flexibility index (Phi) is 5.24. The van der Waals surface area contributed by atoms with Crippen molar-refractivity contribution >= 4 is 23.2 Å². The molecule has 2 aromatic rings. The molecule has 0 amide bonds. The molecular formula is C17H19Cl2N3O3. The first-order valence-electron chi connectivity index (χ1n) is 8.42. The molecule has 4 rings (SSSR count). The van der Waals surface area contributed by atoms with Crippen molar-refractivity contribution in [1.29, 1.82) is 0 Å². The van der Waals surface area contributed by atoms with E-state index in [1.807, 2.05) is 0 Å². The summed E-state index contributed by atoms with van der Waals surface area (Å²) >= 11 is 12.1. The zero-order chi connectivity index (χ0) is 17.2. The van der Waals surface area contributed by atoms with Crippen LogP contribution in [0.2, 0.25) is 10.0 Å². The molecule has 134 valence electrons. The average molecular weight is 384 g/mol. The lowest BCUT2D eigenvalue weighted by atomic mass is 9.96. The number of halogens is 2. The quantitative estimate of drug-likeness (QED) is 0.803. The van der Waals surface area contributed by atoms with Crippen molar-refractivity contribution in [3.8, 4) is 11.5 Å². The van der Waals surface area contributed by atoms with Gasteiger partial charge in [-0.3, -0.25) is 4.90 Å². The Bertz CT molecular complexity index is 726. The number of piperidine rings is 1. The van der Waals surface area contributed by atoms with E-state index in [9.17, 15) is 0 Å². The Morgan fingerprint density at radius 3 is 2.56 bits per heavy atom. The van der Waals surface area contributed by atoms with E-state index in [1.54, 1.807) is 18.2 Å². The molecule has 2 aliphatic heterocycles. The fraction of sp³-hybridized carbons (Fsp3) is 0.529.